The van der Waals surface area contributed by atoms with Crippen molar-refractivity contribution in [1.82, 2.24) is 0 Å². The second-order valence-electron chi connectivity index (χ2n) is 2.81. The summed E-state index contributed by atoms with van der Waals surface area (Å²) in [6, 6.07) is 0. The first-order valence-electron chi connectivity index (χ1n) is 4.56. The van der Waals surface area contributed by atoms with E-state index < -0.39 is 14.3 Å². The van der Waals surface area contributed by atoms with Crippen molar-refractivity contribution < 1.29 is 14.0 Å². The van der Waals surface area contributed by atoms with E-state index in [2.05, 4.69) is 0 Å². The van der Waals surface area contributed by atoms with Gasteiger partial charge in [-0.2, -0.15) is 9.90 Å². The first-order chi connectivity index (χ1) is 5.60. The van der Waals surface area contributed by atoms with Gasteiger partial charge in [-0.1, -0.05) is 6.92 Å². The lowest BCUT2D eigenvalue weighted by Gasteiger charge is -2.29. The highest BCUT2D eigenvalue weighted by atomic mass is 31.0. The summed E-state index contributed by atoms with van der Waals surface area (Å²) in [6.07, 6.45) is 0.697. The molecular formula is C8H23O3PSi. The number of aliphatic hydroxyl groups is 1. The normalized spacial score (nSPS) is 13.6. The van der Waals surface area contributed by atoms with Crippen molar-refractivity contribution in [2.75, 3.05) is 13.2 Å². The minimum atomic E-state index is -2.30. The van der Waals surface area contributed by atoms with Crippen LogP contribution in [0.15, 0.2) is 0 Å². The van der Waals surface area contributed by atoms with Gasteiger partial charge in [0.15, 0.2) is 0 Å². The third-order valence-electron chi connectivity index (χ3n) is 1.85. The highest BCUT2D eigenvalue weighted by Crippen LogP contribution is 2.14. The lowest BCUT2D eigenvalue weighted by atomic mass is 10.5. The van der Waals surface area contributed by atoms with Crippen LogP contribution in [0.2, 0.25) is 6.55 Å². The number of rotatable bonds is 6. The fraction of sp³-hybridized carbons (Fsp3) is 1.00. The molecule has 13 heavy (non-hydrogen) atoms. The maximum absolute atomic E-state index is 9.65. The summed E-state index contributed by atoms with van der Waals surface area (Å²) in [5, 5.41) is 9.65. The second kappa shape index (κ2) is 7.89. The van der Waals surface area contributed by atoms with E-state index in [1.54, 1.807) is 0 Å². The standard InChI is InChI=1S/C8H20O3Si.H3P/c1-5-8(9)12(4,10-6-2)11-7-3;/h8-9H,5-7H2,1-4H3;1H3. The zero-order valence-corrected chi connectivity index (χ0v) is 11.6. The predicted molar refractivity (Wildman–Crippen MR) is 62.3 cm³/mol. The van der Waals surface area contributed by atoms with Crippen LogP contribution < -0.4 is 0 Å². The summed E-state index contributed by atoms with van der Waals surface area (Å²) in [4.78, 5) is 0. The minimum Gasteiger partial charge on any atom is -0.393 e. The predicted octanol–water partition coefficient (Wildman–Crippen LogP) is 1.50. The van der Waals surface area contributed by atoms with Gasteiger partial charge >= 0.3 is 8.56 Å². The Bertz CT molecular complexity index is 118. The van der Waals surface area contributed by atoms with Crippen LogP contribution in [0.3, 0.4) is 0 Å². The molecule has 3 nitrogen and oxygen atoms in total. The topological polar surface area (TPSA) is 38.7 Å². The maximum atomic E-state index is 9.65. The lowest BCUT2D eigenvalue weighted by Crippen LogP contribution is -2.50. The van der Waals surface area contributed by atoms with Crippen LogP contribution in [0.4, 0.5) is 0 Å². The van der Waals surface area contributed by atoms with Crippen LogP contribution in [0.5, 0.6) is 0 Å². The van der Waals surface area contributed by atoms with Gasteiger partial charge in [-0.05, 0) is 26.8 Å². The number of hydrogen-bond acceptors (Lipinski definition) is 3. The Morgan fingerprint density at radius 2 is 1.54 bits per heavy atom. The molecule has 0 rings (SSSR count). The van der Waals surface area contributed by atoms with Gasteiger partial charge in [0.25, 0.3) is 0 Å². The molecule has 1 N–H and O–H groups in total. The minimum absolute atomic E-state index is 0. The number of hydrogen-bond donors (Lipinski definition) is 1. The molecule has 0 saturated heterocycles. The quantitative estimate of drug-likeness (QED) is 0.551. The SMILES string of the molecule is CCO[Si](C)(OCC)C(O)CC.P. The highest BCUT2D eigenvalue weighted by Gasteiger charge is 2.38. The Morgan fingerprint density at radius 1 is 1.15 bits per heavy atom. The maximum Gasteiger partial charge on any atom is 0.364 e. The smallest absolute Gasteiger partial charge is 0.364 e. The van der Waals surface area contributed by atoms with Crippen molar-refractivity contribution in [2.45, 2.75) is 39.5 Å². The van der Waals surface area contributed by atoms with E-state index in [1.807, 2.05) is 27.3 Å². The molecule has 0 bridgehead atoms. The van der Waals surface area contributed by atoms with Gasteiger partial charge in [0, 0.05) is 13.2 Å². The van der Waals surface area contributed by atoms with Crippen LogP contribution in [0, 0.1) is 0 Å². The van der Waals surface area contributed by atoms with Gasteiger partial charge in [0.05, 0.1) is 5.73 Å². The molecule has 5 heteroatoms. The van der Waals surface area contributed by atoms with E-state index in [1.165, 1.54) is 0 Å². The van der Waals surface area contributed by atoms with Gasteiger partial charge in [-0.15, -0.1) is 0 Å². The summed E-state index contributed by atoms with van der Waals surface area (Å²) in [5.41, 5.74) is -0.419. The zero-order valence-electron chi connectivity index (χ0n) is 9.17. The van der Waals surface area contributed by atoms with Gasteiger partial charge in [0.2, 0.25) is 0 Å². The second-order valence-corrected chi connectivity index (χ2v) is 6.08. The van der Waals surface area contributed by atoms with Gasteiger partial charge in [-0.25, -0.2) is 0 Å². The molecule has 82 valence electrons. The first kappa shape index (κ1) is 16.0. The van der Waals surface area contributed by atoms with Crippen LogP contribution in [0.25, 0.3) is 0 Å². The summed E-state index contributed by atoms with van der Waals surface area (Å²) in [6.45, 7) is 8.92. The fourth-order valence-corrected chi connectivity index (χ4v) is 3.53. The Labute approximate surface area is 85.7 Å². The van der Waals surface area contributed by atoms with E-state index in [-0.39, 0.29) is 9.90 Å². The van der Waals surface area contributed by atoms with E-state index in [0.717, 1.165) is 0 Å². The molecule has 0 aromatic rings. The van der Waals surface area contributed by atoms with Gasteiger partial charge < -0.3 is 14.0 Å². The Morgan fingerprint density at radius 3 is 1.77 bits per heavy atom. The Balaban J connectivity index is 0. The molecule has 0 amide bonds. The van der Waals surface area contributed by atoms with Crippen LogP contribution in [0.1, 0.15) is 27.2 Å². The van der Waals surface area contributed by atoms with E-state index in [9.17, 15) is 5.11 Å². The molecular weight excluding hydrogens is 203 g/mol. The Hall–Kier alpha value is 0.527. The molecule has 0 aliphatic heterocycles. The average molecular weight is 226 g/mol. The first-order valence-corrected chi connectivity index (χ1v) is 6.96. The Kier molecular flexibility index (Phi) is 9.69. The van der Waals surface area contributed by atoms with E-state index >= 15 is 0 Å². The van der Waals surface area contributed by atoms with Crippen molar-refractivity contribution in [1.29, 1.82) is 0 Å². The highest BCUT2D eigenvalue weighted by molar-refractivity contribution is 6.92. The van der Waals surface area contributed by atoms with Crippen molar-refractivity contribution in [2.24, 2.45) is 0 Å². The molecule has 0 fully saturated rings. The largest absolute Gasteiger partial charge is 0.393 e. The van der Waals surface area contributed by atoms with Crippen molar-refractivity contribution >= 4 is 18.5 Å². The molecule has 0 heterocycles. The van der Waals surface area contributed by atoms with Crippen LogP contribution >= 0.6 is 9.90 Å². The van der Waals surface area contributed by atoms with Crippen LogP contribution in [-0.2, 0) is 8.85 Å². The van der Waals surface area contributed by atoms with Gasteiger partial charge in [0.1, 0.15) is 0 Å². The molecule has 0 aromatic heterocycles. The summed E-state index contributed by atoms with van der Waals surface area (Å²) >= 11 is 0. The third-order valence-corrected chi connectivity index (χ3v) is 5.20. The third kappa shape index (κ3) is 5.08. The summed E-state index contributed by atoms with van der Waals surface area (Å²) in [7, 11) is -2.30. The zero-order chi connectivity index (χ0) is 9.61. The molecule has 0 saturated carbocycles. The molecule has 2 atom stereocenters. The van der Waals surface area contributed by atoms with E-state index in [4.69, 9.17) is 8.85 Å². The van der Waals surface area contributed by atoms with Crippen molar-refractivity contribution in [3.05, 3.63) is 0 Å². The molecule has 0 aliphatic carbocycles. The summed E-state index contributed by atoms with van der Waals surface area (Å²) < 4.78 is 11.0. The van der Waals surface area contributed by atoms with Crippen molar-refractivity contribution in [3.63, 3.8) is 0 Å². The van der Waals surface area contributed by atoms with Crippen molar-refractivity contribution in [3.8, 4) is 0 Å². The fourth-order valence-electron chi connectivity index (χ4n) is 1.18. The van der Waals surface area contributed by atoms with Crippen LogP contribution in [-0.4, -0.2) is 32.6 Å². The van der Waals surface area contributed by atoms with E-state index in [0.29, 0.717) is 19.6 Å². The monoisotopic (exact) mass is 226 g/mol. The molecule has 2 unspecified atom stereocenters. The van der Waals surface area contributed by atoms with Gasteiger partial charge in [-0.3, -0.25) is 0 Å². The average Bonchev–Trinajstić information content (AvgIpc) is 2.04. The molecule has 0 spiro atoms. The molecule has 0 aliphatic rings. The molecule has 0 aromatic carbocycles. The number of aliphatic hydroxyl groups excluding tert-OH is 1. The molecule has 0 radical (unpaired) electrons. The summed E-state index contributed by atoms with van der Waals surface area (Å²) in [5.74, 6) is 0. The lowest BCUT2D eigenvalue weighted by molar-refractivity contribution is 0.114.